The molecule has 0 N–H and O–H groups in total. The molecule has 0 spiro atoms. The van der Waals surface area contributed by atoms with E-state index in [4.69, 9.17) is 11.6 Å². The van der Waals surface area contributed by atoms with Crippen molar-refractivity contribution in [2.45, 2.75) is 118 Å². The molecular formula is C51H61Cl3Zr-4. The molecule has 0 radical (unpaired) electrons. The van der Waals surface area contributed by atoms with Gasteiger partial charge in [-0.1, -0.05) is 123 Å². The van der Waals surface area contributed by atoms with Crippen molar-refractivity contribution in [1.82, 2.24) is 0 Å². The maximum Gasteiger partial charge on any atom is -0.0801 e. The summed E-state index contributed by atoms with van der Waals surface area (Å²) < 4.78 is 3.34. The van der Waals surface area contributed by atoms with Crippen molar-refractivity contribution in [3.05, 3.63) is 166 Å². The second-order valence-corrected chi connectivity index (χ2v) is 18.1. The van der Waals surface area contributed by atoms with Crippen molar-refractivity contribution in [2.75, 3.05) is 0 Å². The van der Waals surface area contributed by atoms with E-state index >= 15 is 0 Å². The Bertz CT molecular complexity index is 1840. The second-order valence-electron chi connectivity index (χ2n) is 17.7. The second kappa shape index (κ2) is 21.8. The smallest absolute Gasteiger partial charge is 0.0801 e. The van der Waals surface area contributed by atoms with Crippen LogP contribution in [0.15, 0.2) is 103 Å². The summed E-state index contributed by atoms with van der Waals surface area (Å²) in [5, 5.41) is 3.18. The zero-order valence-electron chi connectivity index (χ0n) is 35.1. The van der Waals surface area contributed by atoms with Gasteiger partial charge in [0.25, 0.3) is 0 Å². The van der Waals surface area contributed by atoms with Crippen LogP contribution in [0, 0.1) is 24.3 Å². The number of benzene rings is 5. The zero-order valence-corrected chi connectivity index (χ0v) is 40.0. The van der Waals surface area contributed by atoms with Gasteiger partial charge in [-0.15, -0.1) is 95.1 Å². The third kappa shape index (κ3) is 14.7. The molecule has 0 saturated heterocycles. The van der Waals surface area contributed by atoms with Crippen LogP contribution in [0.3, 0.4) is 0 Å². The van der Waals surface area contributed by atoms with Crippen LogP contribution in [-0.4, -0.2) is 4.21 Å². The number of rotatable bonds is 0. The van der Waals surface area contributed by atoms with Crippen LogP contribution in [0.2, 0.25) is 5.02 Å². The van der Waals surface area contributed by atoms with E-state index in [9.17, 15) is 0 Å². The zero-order chi connectivity index (χ0) is 39.6. The minimum Gasteiger partial charge on any atom is -0.147 e. The van der Waals surface area contributed by atoms with Crippen molar-refractivity contribution in [3.63, 3.8) is 0 Å². The maximum atomic E-state index is 5.51. The van der Waals surface area contributed by atoms with Crippen LogP contribution in [0.4, 0.5) is 0 Å². The summed E-state index contributed by atoms with van der Waals surface area (Å²) in [7, 11) is 0. The summed E-state index contributed by atoms with van der Waals surface area (Å²) in [5.74, 6) is 0. The molecule has 2 aliphatic rings. The third-order valence-corrected chi connectivity index (χ3v) is 9.30. The monoisotopic (exact) mass is 868 g/mol. The van der Waals surface area contributed by atoms with Crippen molar-refractivity contribution in [1.29, 1.82) is 0 Å². The maximum absolute atomic E-state index is 5.51. The van der Waals surface area contributed by atoms with Crippen molar-refractivity contribution >= 4 is 51.4 Å². The fraction of sp³-hybridized carbons (Fsp3) is 0.353. The van der Waals surface area contributed by atoms with Gasteiger partial charge in [-0.2, -0.15) is 65.7 Å². The first kappa shape index (κ1) is 50.5. The molecule has 0 bridgehead atoms. The Balaban J connectivity index is 0.000000468. The van der Waals surface area contributed by atoms with Gasteiger partial charge in [0.2, 0.25) is 0 Å². The predicted octanol–water partition coefficient (Wildman–Crippen LogP) is 15.1. The first-order chi connectivity index (χ1) is 24.8. The number of fused-ring (bicyclic) bond motifs is 4. The molecule has 2 aliphatic carbocycles. The summed E-state index contributed by atoms with van der Waals surface area (Å²) >= 11 is 6.81. The van der Waals surface area contributed by atoms with Crippen LogP contribution >= 0.6 is 36.4 Å². The van der Waals surface area contributed by atoms with Crippen LogP contribution in [0.1, 0.15) is 123 Å². The summed E-state index contributed by atoms with van der Waals surface area (Å²) in [4.78, 5) is 0. The van der Waals surface area contributed by atoms with Crippen LogP contribution in [0.25, 0.3) is 21.9 Å². The standard InChI is InChI=1S/C29H41.C10H7.C6H4Cl.C5H5.CH2.2ClH.Zr/c1-26(2,3)22-14-18-13-19-15-23(27(4,5)6)25(29(10,11)12)17-21(19)20(18)16-24(22)28(7,8)9;1-2-6-10-8-4-3-7-9(10)5-1;7-6-4-2-1-3-5-6;1-2-4-5-3-1;;;;/h14,16-17H,13H2,1-12H3;1-7H;1-2,4-5H;1-3H,4H2;1H2;2*1H;/q4*-1;;;;. The van der Waals surface area contributed by atoms with E-state index in [2.05, 4.69) is 154 Å². The van der Waals surface area contributed by atoms with Crippen LogP contribution in [0.5, 0.6) is 0 Å². The van der Waals surface area contributed by atoms with Gasteiger partial charge < -0.3 is 0 Å². The fourth-order valence-electron chi connectivity index (χ4n) is 6.40. The van der Waals surface area contributed by atoms with E-state index in [1.54, 1.807) is 6.07 Å². The number of halogens is 3. The van der Waals surface area contributed by atoms with Gasteiger partial charge in [-0.05, 0) is 39.4 Å². The van der Waals surface area contributed by atoms with Crippen molar-refractivity contribution in [3.8, 4) is 11.1 Å². The normalized spacial score (nSPS) is 12.4. The quantitative estimate of drug-likeness (QED) is 0.133. The molecular weight excluding hydrogens is 810 g/mol. The molecule has 5 aromatic rings. The molecule has 294 valence electrons. The van der Waals surface area contributed by atoms with E-state index in [1.807, 2.05) is 54.6 Å². The number of hydrogen-bond acceptors (Lipinski definition) is 0. The molecule has 0 saturated carbocycles. The van der Waals surface area contributed by atoms with Gasteiger partial charge in [0.1, 0.15) is 0 Å². The van der Waals surface area contributed by atoms with Gasteiger partial charge in [-0.3, -0.25) is 6.08 Å². The van der Waals surface area contributed by atoms with E-state index in [1.165, 1.54) is 79.5 Å². The van der Waals surface area contributed by atoms with Crippen LogP contribution in [-0.2, 0) is 52.3 Å². The molecule has 0 amide bonds. The average molecular weight is 872 g/mol. The van der Waals surface area contributed by atoms with Crippen molar-refractivity contribution in [2.24, 2.45) is 0 Å². The summed E-state index contributed by atoms with van der Waals surface area (Å²) in [6, 6.07) is 38.8. The molecule has 7 rings (SSSR count). The van der Waals surface area contributed by atoms with Crippen molar-refractivity contribution < 1.29 is 24.2 Å². The molecule has 0 heterocycles. The minimum absolute atomic E-state index is 0. The summed E-state index contributed by atoms with van der Waals surface area (Å²) in [5.41, 5.74) is 11.9. The molecule has 0 aliphatic heterocycles. The SMILES string of the molecule is CC(C)(C)c1[c-]c2c(cc1C(C)(C)C)-c1cc(C(C)(C)C)c(C(C)(C)C)cc1C2.Cl.Cl.Clc1c[c-]ccc1.[C-]1=CC=CC1.[CH2]=[Zr].[c-]1cccc2ccccc12. The Morgan fingerprint density at radius 3 is 1.67 bits per heavy atom. The van der Waals surface area contributed by atoms with Gasteiger partial charge in [0.15, 0.2) is 0 Å². The Hall–Kier alpha value is -2.54. The third-order valence-electron chi connectivity index (χ3n) is 9.06. The predicted molar refractivity (Wildman–Crippen MR) is 245 cm³/mol. The van der Waals surface area contributed by atoms with E-state index in [0.29, 0.717) is 0 Å². The van der Waals surface area contributed by atoms with Gasteiger partial charge in [0.05, 0.1) is 0 Å². The van der Waals surface area contributed by atoms with Gasteiger partial charge >= 0.3 is 28.4 Å². The van der Waals surface area contributed by atoms with E-state index in [-0.39, 0.29) is 46.5 Å². The Morgan fingerprint density at radius 1 is 0.655 bits per heavy atom. The Morgan fingerprint density at radius 2 is 1.22 bits per heavy atom. The average Bonchev–Trinajstić information content (AvgIpc) is 3.79. The molecule has 4 heteroatoms. The summed E-state index contributed by atoms with van der Waals surface area (Å²) in [6.07, 6.45) is 11.0. The minimum atomic E-state index is 0. The first-order valence-corrected chi connectivity index (χ1v) is 20.7. The fourth-order valence-corrected chi connectivity index (χ4v) is 6.54. The Labute approximate surface area is 367 Å². The molecule has 0 fully saturated rings. The molecule has 0 atom stereocenters. The van der Waals surface area contributed by atoms with E-state index < -0.39 is 0 Å². The molecule has 5 aromatic carbocycles. The number of allylic oxidation sites excluding steroid dienone is 4. The summed E-state index contributed by atoms with van der Waals surface area (Å²) in [6.45, 7) is 28.0. The Kier molecular flexibility index (Phi) is 20.0. The first-order valence-electron chi connectivity index (χ1n) is 18.6. The molecule has 55 heavy (non-hydrogen) atoms. The molecule has 0 nitrogen and oxygen atoms in total. The number of hydrogen-bond donors (Lipinski definition) is 0. The molecule has 0 unspecified atom stereocenters. The van der Waals surface area contributed by atoms with Gasteiger partial charge in [-0.25, -0.2) is 12.2 Å². The largest absolute Gasteiger partial charge is 0.147 e. The topological polar surface area (TPSA) is 0 Å². The van der Waals surface area contributed by atoms with E-state index in [0.717, 1.165) is 17.9 Å². The molecule has 0 aromatic heterocycles. The van der Waals surface area contributed by atoms with Gasteiger partial charge in [0, 0.05) is 0 Å². The van der Waals surface area contributed by atoms with Crippen LogP contribution < -0.4 is 0 Å².